The number of alkyl halides is 3. The molecule has 6 nitrogen and oxygen atoms in total. The van der Waals surface area contributed by atoms with Crippen molar-refractivity contribution in [2.75, 3.05) is 19.1 Å². The van der Waals surface area contributed by atoms with Crippen LogP contribution in [0.5, 0.6) is 11.5 Å². The average Bonchev–Trinajstić information content (AvgIpc) is 3.13. The normalized spacial score (nSPS) is 17.4. The number of carbonyl (C=O) groups is 2. The summed E-state index contributed by atoms with van der Waals surface area (Å²) in [5, 5.41) is 11.2. The second kappa shape index (κ2) is 9.37. The van der Waals surface area contributed by atoms with Crippen LogP contribution in [0.25, 0.3) is 5.76 Å². The molecular formula is C26H19F4NO5. The van der Waals surface area contributed by atoms with Crippen LogP contribution in [0.4, 0.5) is 23.2 Å². The molecule has 0 bridgehead atoms. The van der Waals surface area contributed by atoms with Gasteiger partial charge in [-0.3, -0.25) is 14.5 Å². The van der Waals surface area contributed by atoms with E-state index >= 15 is 0 Å². The van der Waals surface area contributed by atoms with Crippen molar-refractivity contribution in [3.8, 4) is 11.5 Å². The van der Waals surface area contributed by atoms with Crippen LogP contribution in [-0.4, -0.2) is 31.0 Å². The molecule has 1 fully saturated rings. The van der Waals surface area contributed by atoms with E-state index in [1.54, 1.807) is 0 Å². The summed E-state index contributed by atoms with van der Waals surface area (Å²) < 4.78 is 64.6. The first kappa shape index (κ1) is 24.8. The van der Waals surface area contributed by atoms with E-state index in [-0.39, 0.29) is 22.6 Å². The topological polar surface area (TPSA) is 76.1 Å². The van der Waals surface area contributed by atoms with Gasteiger partial charge in [-0.25, -0.2) is 4.39 Å². The number of halogens is 4. The first-order valence-corrected chi connectivity index (χ1v) is 10.5. The smallest absolute Gasteiger partial charge is 0.416 e. The number of nitrogens with zero attached hydrogens (tertiary/aromatic N) is 1. The second-order valence-corrected chi connectivity index (χ2v) is 7.80. The molecule has 0 spiro atoms. The zero-order valence-corrected chi connectivity index (χ0v) is 19.0. The third-order valence-corrected chi connectivity index (χ3v) is 5.78. The lowest BCUT2D eigenvalue weighted by atomic mass is 9.94. The maximum atomic E-state index is 14.9. The number of aliphatic hydroxyl groups excluding tert-OH is 1. The molecular weight excluding hydrogens is 482 g/mol. The molecule has 4 rings (SSSR count). The predicted octanol–water partition coefficient (Wildman–Crippen LogP) is 5.49. The minimum atomic E-state index is -4.62. The zero-order chi connectivity index (χ0) is 26.2. The Labute approximate surface area is 203 Å². The van der Waals surface area contributed by atoms with Crippen LogP contribution >= 0.6 is 0 Å². The Morgan fingerprint density at radius 1 is 0.944 bits per heavy atom. The van der Waals surface area contributed by atoms with Crippen molar-refractivity contribution >= 4 is 23.1 Å². The SMILES string of the molecule is COc1ccc(/C(O)=C2\C(=O)C(=O)N(c3ccc(C(F)(F)F)cc3)C2c2ccccc2F)c(OC)c1. The van der Waals surface area contributed by atoms with Crippen molar-refractivity contribution < 1.29 is 41.7 Å². The van der Waals surface area contributed by atoms with E-state index < -0.39 is 46.6 Å². The average molecular weight is 501 g/mol. The van der Waals surface area contributed by atoms with Crippen LogP contribution < -0.4 is 14.4 Å². The highest BCUT2D eigenvalue weighted by Crippen LogP contribution is 2.44. The third-order valence-electron chi connectivity index (χ3n) is 5.78. The monoisotopic (exact) mass is 501 g/mol. The molecule has 1 aliphatic heterocycles. The maximum absolute atomic E-state index is 14.9. The van der Waals surface area contributed by atoms with E-state index in [4.69, 9.17) is 9.47 Å². The number of carbonyl (C=O) groups excluding carboxylic acids is 2. The van der Waals surface area contributed by atoms with Crippen molar-refractivity contribution in [1.29, 1.82) is 0 Å². The van der Waals surface area contributed by atoms with Gasteiger partial charge in [0.2, 0.25) is 0 Å². The Morgan fingerprint density at radius 2 is 1.61 bits per heavy atom. The minimum Gasteiger partial charge on any atom is -0.507 e. The molecule has 1 amide bonds. The van der Waals surface area contributed by atoms with Gasteiger partial charge in [0.05, 0.1) is 37.0 Å². The van der Waals surface area contributed by atoms with Gasteiger partial charge in [0, 0.05) is 17.3 Å². The molecule has 1 saturated heterocycles. The lowest BCUT2D eigenvalue weighted by Gasteiger charge is -2.26. The summed E-state index contributed by atoms with van der Waals surface area (Å²) in [5.41, 5.74) is -1.60. The Morgan fingerprint density at radius 3 is 2.19 bits per heavy atom. The van der Waals surface area contributed by atoms with Crippen LogP contribution in [0.15, 0.2) is 72.3 Å². The number of ketones is 1. The van der Waals surface area contributed by atoms with Crippen molar-refractivity contribution in [2.24, 2.45) is 0 Å². The molecule has 3 aromatic rings. The number of hydrogen-bond donors (Lipinski definition) is 1. The number of aliphatic hydroxyl groups is 1. The van der Waals surface area contributed by atoms with Crippen molar-refractivity contribution in [1.82, 2.24) is 0 Å². The van der Waals surface area contributed by atoms with Crippen LogP contribution in [0, 0.1) is 5.82 Å². The van der Waals surface area contributed by atoms with Gasteiger partial charge < -0.3 is 14.6 Å². The summed E-state index contributed by atoms with van der Waals surface area (Å²) in [6.07, 6.45) is -4.62. The Bertz CT molecular complexity index is 1370. The molecule has 0 radical (unpaired) electrons. The molecule has 1 N–H and O–H groups in total. The van der Waals surface area contributed by atoms with Gasteiger partial charge in [0.1, 0.15) is 23.1 Å². The summed E-state index contributed by atoms with van der Waals surface area (Å²) in [6, 6.07) is 11.7. The molecule has 0 aliphatic carbocycles. The van der Waals surface area contributed by atoms with Crippen molar-refractivity contribution in [3.05, 3.63) is 94.8 Å². The fourth-order valence-corrected chi connectivity index (χ4v) is 4.04. The fourth-order valence-electron chi connectivity index (χ4n) is 4.04. The van der Waals surface area contributed by atoms with Gasteiger partial charge in [0.15, 0.2) is 0 Å². The van der Waals surface area contributed by atoms with Crippen molar-refractivity contribution in [2.45, 2.75) is 12.2 Å². The van der Waals surface area contributed by atoms with Gasteiger partial charge in [-0.15, -0.1) is 0 Å². The summed E-state index contributed by atoms with van der Waals surface area (Å²) in [7, 11) is 2.74. The molecule has 1 aliphatic rings. The molecule has 1 heterocycles. The van der Waals surface area contributed by atoms with Gasteiger partial charge in [0.25, 0.3) is 11.7 Å². The summed E-state index contributed by atoms with van der Waals surface area (Å²) >= 11 is 0. The largest absolute Gasteiger partial charge is 0.507 e. The highest BCUT2D eigenvalue weighted by Gasteiger charge is 2.48. The number of benzene rings is 3. The number of Topliss-reactive ketones (excluding diaryl/α,β-unsaturated/α-hetero) is 1. The van der Waals surface area contributed by atoms with E-state index in [0.717, 1.165) is 35.2 Å². The lowest BCUT2D eigenvalue weighted by molar-refractivity contribution is -0.137. The molecule has 0 aromatic heterocycles. The minimum absolute atomic E-state index is 0.0325. The Kier molecular flexibility index (Phi) is 6.45. The van der Waals surface area contributed by atoms with Crippen LogP contribution in [-0.2, 0) is 15.8 Å². The summed E-state index contributed by atoms with van der Waals surface area (Å²) in [5.74, 6) is -3.21. The van der Waals surface area contributed by atoms with Crippen molar-refractivity contribution in [3.63, 3.8) is 0 Å². The van der Waals surface area contributed by atoms with Gasteiger partial charge in [-0.05, 0) is 42.5 Å². The van der Waals surface area contributed by atoms with E-state index in [1.165, 1.54) is 50.6 Å². The molecule has 10 heteroatoms. The second-order valence-electron chi connectivity index (χ2n) is 7.80. The van der Waals surface area contributed by atoms with Crippen LogP contribution in [0.3, 0.4) is 0 Å². The van der Waals surface area contributed by atoms with Gasteiger partial charge in [-0.1, -0.05) is 18.2 Å². The molecule has 186 valence electrons. The van der Waals surface area contributed by atoms with E-state index in [9.17, 15) is 32.3 Å². The summed E-state index contributed by atoms with van der Waals surface area (Å²) in [4.78, 5) is 27.2. The van der Waals surface area contributed by atoms with Gasteiger partial charge in [-0.2, -0.15) is 13.2 Å². The standard InChI is InChI=1S/C26H19F4NO5/c1-35-16-11-12-18(20(13-16)36-2)23(32)21-22(17-5-3-4-6-19(17)27)31(25(34)24(21)33)15-9-7-14(8-10-15)26(28,29)30/h3-13,22,32H,1-2H3/b23-21+. The first-order chi connectivity index (χ1) is 17.1. The maximum Gasteiger partial charge on any atom is 0.416 e. The summed E-state index contributed by atoms with van der Waals surface area (Å²) in [6.45, 7) is 0. The van der Waals surface area contributed by atoms with E-state index in [2.05, 4.69) is 0 Å². The molecule has 1 unspecified atom stereocenters. The highest BCUT2D eigenvalue weighted by atomic mass is 19.4. The molecule has 1 atom stereocenters. The number of ether oxygens (including phenoxy) is 2. The predicted molar refractivity (Wildman–Crippen MR) is 122 cm³/mol. The molecule has 36 heavy (non-hydrogen) atoms. The Hall–Kier alpha value is -4.34. The number of anilines is 1. The lowest BCUT2D eigenvalue weighted by Crippen LogP contribution is -2.30. The quantitative estimate of drug-likeness (QED) is 0.217. The van der Waals surface area contributed by atoms with Gasteiger partial charge >= 0.3 is 6.18 Å². The van der Waals surface area contributed by atoms with E-state index in [1.807, 2.05) is 0 Å². The number of rotatable bonds is 5. The van der Waals surface area contributed by atoms with E-state index in [0.29, 0.717) is 5.75 Å². The number of methoxy groups -OCH3 is 2. The van der Waals surface area contributed by atoms with Crippen LogP contribution in [0.1, 0.15) is 22.7 Å². The zero-order valence-electron chi connectivity index (χ0n) is 19.0. The number of amides is 1. The molecule has 0 saturated carbocycles. The first-order valence-electron chi connectivity index (χ1n) is 10.5. The van der Waals surface area contributed by atoms with Crippen LogP contribution in [0.2, 0.25) is 0 Å². The fraction of sp³-hybridized carbons (Fsp3) is 0.154. The number of hydrogen-bond acceptors (Lipinski definition) is 5. The third kappa shape index (κ3) is 4.26. The molecule has 3 aromatic carbocycles. The Balaban J connectivity index is 1.95. The highest BCUT2D eigenvalue weighted by molar-refractivity contribution is 6.51.